The fraction of sp³-hybridized carbons (Fsp3) is 0.280. The number of alkyl halides is 2. The van der Waals surface area contributed by atoms with Gasteiger partial charge in [0.25, 0.3) is 5.92 Å². The van der Waals surface area contributed by atoms with E-state index >= 15 is 0 Å². The fourth-order valence-electron chi connectivity index (χ4n) is 3.01. The summed E-state index contributed by atoms with van der Waals surface area (Å²) in [6.07, 6.45) is 8.10. The highest BCUT2D eigenvalue weighted by atomic mass is 19.3. The quantitative estimate of drug-likeness (QED) is 0.471. The number of benzene rings is 2. The summed E-state index contributed by atoms with van der Waals surface area (Å²) < 4.78 is 32.8. The maximum absolute atomic E-state index is 13.4. The van der Waals surface area contributed by atoms with Gasteiger partial charge in [0.1, 0.15) is 12.4 Å². The second-order valence-electron chi connectivity index (χ2n) is 7.03. The second-order valence-corrected chi connectivity index (χ2v) is 7.03. The van der Waals surface area contributed by atoms with Crippen LogP contribution in [-0.2, 0) is 12.5 Å². The van der Waals surface area contributed by atoms with Gasteiger partial charge in [-0.05, 0) is 72.4 Å². The van der Waals surface area contributed by atoms with Crippen LogP contribution < -0.4 is 4.74 Å². The first-order chi connectivity index (χ1) is 13.2. The Morgan fingerprint density at radius 2 is 1.89 bits per heavy atom. The van der Waals surface area contributed by atoms with Crippen molar-refractivity contribution in [1.82, 2.24) is 0 Å². The van der Waals surface area contributed by atoms with Crippen LogP contribution in [0, 0.1) is 26.2 Å². The Kier molecular flexibility index (Phi) is 6.80. The van der Waals surface area contributed by atoms with Crippen molar-refractivity contribution < 1.29 is 13.5 Å². The van der Waals surface area contributed by atoms with Crippen molar-refractivity contribution in [1.29, 1.82) is 0 Å². The van der Waals surface area contributed by atoms with Crippen LogP contribution in [0.25, 0.3) is 5.57 Å². The van der Waals surface area contributed by atoms with Gasteiger partial charge in [-0.2, -0.15) is 0 Å². The molecule has 0 aromatic heterocycles. The zero-order chi connectivity index (χ0) is 20.9. The minimum Gasteiger partial charge on any atom is -0.489 e. The van der Waals surface area contributed by atoms with Gasteiger partial charge in [0, 0.05) is 18.9 Å². The Morgan fingerprint density at radius 3 is 2.43 bits per heavy atom. The SMILES string of the molecule is C#CC(=C)C/C(=C/C)c1ccc(OCc2ccc(C(C)(F)F)cc2C)cc1C. The molecule has 1 nitrogen and oxygen atoms in total. The van der Waals surface area contributed by atoms with E-state index < -0.39 is 5.92 Å². The Labute approximate surface area is 166 Å². The number of aryl methyl sites for hydroxylation is 2. The highest BCUT2D eigenvalue weighted by molar-refractivity contribution is 5.71. The molecule has 2 aromatic carbocycles. The molecule has 0 spiro atoms. The van der Waals surface area contributed by atoms with Gasteiger partial charge < -0.3 is 4.74 Å². The molecule has 2 rings (SSSR count). The zero-order valence-electron chi connectivity index (χ0n) is 16.9. The van der Waals surface area contributed by atoms with Crippen LogP contribution in [0.4, 0.5) is 8.78 Å². The number of ether oxygens (including phenoxy) is 1. The first-order valence-electron chi connectivity index (χ1n) is 9.17. The average molecular weight is 380 g/mol. The van der Waals surface area contributed by atoms with Crippen molar-refractivity contribution in [3.63, 3.8) is 0 Å². The van der Waals surface area contributed by atoms with Gasteiger partial charge in [-0.25, -0.2) is 8.78 Å². The minimum atomic E-state index is -2.84. The molecule has 0 atom stereocenters. The predicted molar refractivity (Wildman–Crippen MR) is 112 cm³/mol. The van der Waals surface area contributed by atoms with E-state index in [0.29, 0.717) is 13.0 Å². The third-order valence-corrected chi connectivity index (χ3v) is 4.74. The van der Waals surface area contributed by atoms with Gasteiger partial charge >= 0.3 is 0 Å². The van der Waals surface area contributed by atoms with E-state index in [9.17, 15) is 8.78 Å². The van der Waals surface area contributed by atoms with E-state index in [2.05, 4.69) is 12.5 Å². The molecule has 146 valence electrons. The zero-order valence-corrected chi connectivity index (χ0v) is 16.9. The summed E-state index contributed by atoms with van der Waals surface area (Å²) in [6, 6.07) is 10.6. The molecule has 0 N–H and O–H groups in total. The number of rotatable bonds is 7. The molecule has 0 heterocycles. The summed E-state index contributed by atoms with van der Waals surface area (Å²) in [5.74, 6) is 0.473. The topological polar surface area (TPSA) is 9.23 Å². The minimum absolute atomic E-state index is 0.0152. The maximum atomic E-state index is 13.4. The van der Waals surface area contributed by atoms with Gasteiger partial charge in [-0.1, -0.05) is 36.8 Å². The molecule has 0 amide bonds. The van der Waals surface area contributed by atoms with Crippen LogP contribution in [0.15, 0.2) is 54.6 Å². The predicted octanol–water partition coefficient (Wildman–Crippen LogP) is 6.98. The second kappa shape index (κ2) is 8.89. The Balaban J connectivity index is 2.13. The lowest BCUT2D eigenvalue weighted by Crippen LogP contribution is -2.08. The number of halogens is 2. The van der Waals surface area contributed by atoms with Crippen molar-refractivity contribution in [2.24, 2.45) is 0 Å². The molecule has 2 aromatic rings. The largest absolute Gasteiger partial charge is 0.489 e. The highest BCUT2D eigenvalue weighted by Gasteiger charge is 2.24. The van der Waals surface area contributed by atoms with E-state index in [0.717, 1.165) is 46.1 Å². The van der Waals surface area contributed by atoms with Crippen LogP contribution in [0.3, 0.4) is 0 Å². The van der Waals surface area contributed by atoms with Crippen LogP contribution in [0.5, 0.6) is 5.75 Å². The van der Waals surface area contributed by atoms with Crippen molar-refractivity contribution in [2.75, 3.05) is 0 Å². The average Bonchev–Trinajstić information content (AvgIpc) is 2.64. The van der Waals surface area contributed by atoms with Crippen LogP contribution in [0.2, 0.25) is 0 Å². The van der Waals surface area contributed by atoms with Crippen LogP contribution >= 0.6 is 0 Å². The maximum Gasteiger partial charge on any atom is 0.270 e. The summed E-state index contributed by atoms with van der Waals surface area (Å²) in [6.45, 7) is 10.9. The lowest BCUT2D eigenvalue weighted by atomic mass is 9.95. The van der Waals surface area contributed by atoms with Crippen molar-refractivity contribution in [3.05, 3.63) is 82.4 Å². The molecular formula is C25H26F2O. The summed E-state index contributed by atoms with van der Waals surface area (Å²) in [5.41, 5.74) is 5.74. The first-order valence-corrected chi connectivity index (χ1v) is 9.17. The van der Waals surface area contributed by atoms with Crippen LogP contribution in [0.1, 0.15) is 48.1 Å². The number of hydrogen-bond acceptors (Lipinski definition) is 1. The molecule has 0 unspecified atom stereocenters. The Morgan fingerprint density at radius 1 is 1.18 bits per heavy atom. The summed E-state index contributed by atoms with van der Waals surface area (Å²) in [4.78, 5) is 0. The van der Waals surface area contributed by atoms with Crippen molar-refractivity contribution in [2.45, 2.75) is 46.6 Å². The molecule has 0 aliphatic rings. The molecule has 3 heteroatoms. The molecule has 0 saturated heterocycles. The van der Waals surface area contributed by atoms with E-state index in [1.165, 1.54) is 12.1 Å². The van der Waals surface area contributed by atoms with Crippen molar-refractivity contribution >= 4 is 5.57 Å². The molecule has 0 aliphatic carbocycles. The highest BCUT2D eigenvalue weighted by Crippen LogP contribution is 2.30. The lowest BCUT2D eigenvalue weighted by molar-refractivity contribution is 0.0174. The Bertz CT molecular complexity index is 940. The van der Waals surface area contributed by atoms with E-state index in [1.54, 1.807) is 6.07 Å². The number of hydrogen-bond donors (Lipinski definition) is 0. The summed E-state index contributed by atoms with van der Waals surface area (Å²) in [5, 5.41) is 0. The molecule has 28 heavy (non-hydrogen) atoms. The van der Waals surface area contributed by atoms with Gasteiger partial charge in [-0.15, -0.1) is 6.42 Å². The normalized spacial score (nSPS) is 11.8. The molecule has 0 aliphatic heterocycles. The molecular weight excluding hydrogens is 354 g/mol. The van der Waals surface area contributed by atoms with Gasteiger partial charge in [0.2, 0.25) is 0 Å². The molecule has 0 saturated carbocycles. The van der Waals surface area contributed by atoms with Crippen LogP contribution in [-0.4, -0.2) is 0 Å². The summed E-state index contributed by atoms with van der Waals surface area (Å²) >= 11 is 0. The third-order valence-electron chi connectivity index (χ3n) is 4.74. The Hall–Kier alpha value is -2.86. The van der Waals surface area contributed by atoms with E-state index in [1.807, 2.05) is 45.0 Å². The number of terminal acetylenes is 1. The standard InChI is InChI=1S/C25H26F2O/c1-7-17(3)13-20(8-2)24-12-11-23(15-19(24)5)28-16-21-9-10-22(14-18(21)4)25(6,26)27/h1,8-12,14-15H,3,13,16H2,2,4-6H3/b20-8-. The smallest absolute Gasteiger partial charge is 0.270 e. The van der Waals surface area contributed by atoms with Gasteiger partial charge in [-0.3, -0.25) is 0 Å². The molecule has 0 bridgehead atoms. The van der Waals surface area contributed by atoms with E-state index in [4.69, 9.17) is 11.2 Å². The van der Waals surface area contributed by atoms with Gasteiger partial charge in [0.15, 0.2) is 0 Å². The molecule has 0 fully saturated rings. The number of allylic oxidation sites excluding steroid dienone is 3. The fourth-order valence-corrected chi connectivity index (χ4v) is 3.01. The lowest BCUT2D eigenvalue weighted by Gasteiger charge is -2.15. The van der Waals surface area contributed by atoms with Crippen molar-refractivity contribution in [3.8, 4) is 18.1 Å². The van der Waals surface area contributed by atoms with E-state index in [-0.39, 0.29) is 5.56 Å². The third kappa shape index (κ3) is 5.33. The monoisotopic (exact) mass is 380 g/mol. The van der Waals surface area contributed by atoms with Gasteiger partial charge in [0.05, 0.1) is 0 Å². The molecule has 0 radical (unpaired) electrons. The first kappa shape index (κ1) is 21.4. The summed E-state index contributed by atoms with van der Waals surface area (Å²) in [7, 11) is 0.